The lowest BCUT2D eigenvalue weighted by Gasteiger charge is -2.02. The van der Waals surface area contributed by atoms with Gasteiger partial charge in [-0.05, 0) is 35.6 Å². The molecule has 0 fully saturated rings. The van der Waals surface area contributed by atoms with Crippen LogP contribution in [0.3, 0.4) is 0 Å². The van der Waals surface area contributed by atoms with Crippen molar-refractivity contribution in [2.45, 2.75) is 13.5 Å². The maximum Gasteiger partial charge on any atom is 0.0940 e. The Labute approximate surface area is 85.6 Å². The third kappa shape index (κ3) is 1.46. The van der Waals surface area contributed by atoms with Crippen LogP contribution in [-0.4, -0.2) is 5.11 Å². The third-order valence-electron chi connectivity index (χ3n) is 2.22. The molecule has 0 saturated carbocycles. The van der Waals surface area contributed by atoms with Crippen molar-refractivity contribution in [1.29, 1.82) is 0 Å². The van der Waals surface area contributed by atoms with E-state index in [1.165, 1.54) is 4.70 Å². The second-order valence-electron chi connectivity index (χ2n) is 2.97. The summed E-state index contributed by atoms with van der Waals surface area (Å²) in [6.07, 6.45) is 0. The van der Waals surface area contributed by atoms with Crippen molar-refractivity contribution >= 4 is 33.0 Å². The maximum absolute atomic E-state index is 9.06. The van der Waals surface area contributed by atoms with Crippen LogP contribution < -0.4 is 0 Å². The number of aliphatic hydroxyl groups is 1. The Hall–Kier alpha value is -0.570. The summed E-state index contributed by atoms with van der Waals surface area (Å²) in [7, 11) is 0. The number of thiophene rings is 1. The second kappa shape index (κ2) is 3.29. The molecule has 1 heterocycles. The summed E-state index contributed by atoms with van der Waals surface area (Å²) < 4.78 is 1.98. The van der Waals surface area contributed by atoms with Crippen molar-refractivity contribution in [3.05, 3.63) is 33.7 Å². The van der Waals surface area contributed by atoms with E-state index in [0.29, 0.717) is 0 Å². The standard InChI is InChI=1S/C10H9ClOS/c1-6-7(5-12)2-3-9-8(6)4-10(11)13-9/h2-4,12H,5H2,1H3. The van der Waals surface area contributed by atoms with Crippen molar-refractivity contribution < 1.29 is 5.11 Å². The number of aryl methyl sites for hydroxylation is 1. The summed E-state index contributed by atoms with van der Waals surface area (Å²) in [5, 5.41) is 10.2. The Bertz CT molecular complexity index is 447. The Balaban J connectivity index is 2.78. The van der Waals surface area contributed by atoms with Gasteiger partial charge in [-0.3, -0.25) is 0 Å². The number of hydrogen-bond acceptors (Lipinski definition) is 2. The first-order chi connectivity index (χ1) is 6.22. The molecule has 0 saturated heterocycles. The summed E-state index contributed by atoms with van der Waals surface area (Å²) in [6, 6.07) is 5.91. The van der Waals surface area contributed by atoms with E-state index in [-0.39, 0.29) is 6.61 Å². The predicted octanol–water partition coefficient (Wildman–Crippen LogP) is 3.36. The molecule has 1 N–H and O–H groups in total. The molecule has 3 heteroatoms. The van der Waals surface area contributed by atoms with Crippen molar-refractivity contribution in [2.75, 3.05) is 0 Å². The van der Waals surface area contributed by atoms with Gasteiger partial charge < -0.3 is 5.11 Å². The molecule has 1 aromatic carbocycles. The molecule has 0 aliphatic rings. The van der Waals surface area contributed by atoms with Gasteiger partial charge in [-0.15, -0.1) is 11.3 Å². The molecule has 0 aliphatic heterocycles. The Morgan fingerprint density at radius 2 is 2.23 bits per heavy atom. The minimum Gasteiger partial charge on any atom is -0.392 e. The lowest BCUT2D eigenvalue weighted by molar-refractivity contribution is 0.281. The van der Waals surface area contributed by atoms with Crippen LogP contribution in [0.4, 0.5) is 0 Å². The largest absolute Gasteiger partial charge is 0.392 e. The second-order valence-corrected chi connectivity index (χ2v) is 4.69. The number of aliphatic hydroxyl groups excluding tert-OH is 1. The fourth-order valence-corrected chi connectivity index (χ4v) is 2.64. The van der Waals surface area contributed by atoms with Crippen molar-refractivity contribution in [1.82, 2.24) is 0 Å². The van der Waals surface area contributed by atoms with E-state index in [0.717, 1.165) is 20.8 Å². The summed E-state index contributed by atoms with van der Waals surface area (Å²) in [5.41, 5.74) is 2.10. The van der Waals surface area contributed by atoms with Crippen molar-refractivity contribution in [2.24, 2.45) is 0 Å². The molecule has 1 aromatic heterocycles. The van der Waals surface area contributed by atoms with E-state index < -0.39 is 0 Å². The molecule has 0 aliphatic carbocycles. The van der Waals surface area contributed by atoms with Crippen LogP contribution in [-0.2, 0) is 6.61 Å². The van der Waals surface area contributed by atoms with Crippen LogP contribution in [0, 0.1) is 6.92 Å². The highest BCUT2D eigenvalue weighted by atomic mass is 35.5. The van der Waals surface area contributed by atoms with E-state index in [1.807, 2.05) is 25.1 Å². The minimum atomic E-state index is 0.0925. The van der Waals surface area contributed by atoms with Crippen LogP contribution in [0.25, 0.3) is 10.1 Å². The van der Waals surface area contributed by atoms with Gasteiger partial charge >= 0.3 is 0 Å². The van der Waals surface area contributed by atoms with Gasteiger partial charge in [0.25, 0.3) is 0 Å². The zero-order chi connectivity index (χ0) is 9.42. The van der Waals surface area contributed by atoms with Gasteiger partial charge in [0, 0.05) is 4.70 Å². The van der Waals surface area contributed by atoms with E-state index in [4.69, 9.17) is 16.7 Å². The van der Waals surface area contributed by atoms with Crippen LogP contribution in [0.5, 0.6) is 0 Å². The molecule has 1 nitrogen and oxygen atoms in total. The topological polar surface area (TPSA) is 20.2 Å². The zero-order valence-electron chi connectivity index (χ0n) is 7.17. The van der Waals surface area contributed by atoms with E-state index in [9.17, 15) is 0 Å². The third-order valence-corrected chi connectivity index (χ3v) is 3.45. The maximum atomic E-state index is 9.06. The molecule has 0 atom stereocenters. The number of benzene rings is 1. The van der Waals surface area contributed by atoms with Crippen LogP contribution in [0.1, 0.15) is 11.1 Å². The molecule has 2 aromatic rings. The van der Waals surface area contributed by atoms with E-state index in [1.54, 1.807) is 11.3 Å². The highest BCUT2D eigenvalue weighted by Gasteiger charge is 2.05. The van der Waals surface area contributed by atoms with Gasteiger partial charge in [0.15, 0.2) is 0 Å². The quantitative estimate of drug-likeness (QED) is 0.769. The van der Waals surface area contributed by atoms with Gasteiger partial charge in [0.1, 0.15) is 0 Å². The molecule has 2 rings (SSSR count). The smallest absolute Gasteiger partial charge is 0.0940 e. The number of fused-ring (bicyclic) bond motifs is 1. The normalized spacial score (nSPS) is 11.0. The van der Waals surface area contributed by atoms with E-state index >= 15 is 0 Å². The number of hydrogen-bond donors (Lipinski definition) is 1. The fourth-order valence-electron chi connectivity index (χ4n) is 1.44. The minimum absolute atomic E-state index is 0.0925. The average Bonchev–Trinajstić information content (AvgIpc) is 2.47. The summed E-state index contributed by atoms with van der Waals surface area (Å²) in [5.74, 6) is 0. The Morgan fingerprint density at radius 1 is 1.46 bits per heavy atom. The summed E-state index contributed by atoms with van der Waals surface area (Å²) >= 11 is 7.48. The molecule has 68 valence electrons. The van der Waals surface area contributed by atoms with Crippen LogP contribution in [0.2, 0.25) is 4.34 Å². The average molecular weight is 213 g/mol. The van der Waals surface area contributed by atoms with Gasteiger partial charge in [-0.25, -0.2) is 0 Å². The summed E-state index contributed by atoms with van der Waals surface area (Å²) in [6.45, 7) is 2.10. The predicted molar refractivity (Wildman–Crippen MR) is 57.5 cm³/mol. The highest BCUT2D eigenvalue weighted by molar-refractivity contribution is 7.22. The van der Waals surface area contributed by atoms with Crippen LogP contribution in [0.15, 0.2) is 18.2 Å². The lowest BCUT2D eigenvalue weighted by Crippen LogP contribution is -1.87. The van der Waals surface area contributed by atoms with Gasteiger partial charge in [-0.1, -0.05) is 17.7 Å². The van der Waals surface area contributed by atoms with Crippen LogP contribution >= 0.6 is 22.9 Å². The fraction of sp³-hybridized carbons (Fsp3) is 0.200. The van der Waals surface area contributed by atoms with Gasteiger partial charge in [0.05, 0.1) is 10.9 Å². The Kier molecular flexibility index (Phi) is 2.28. The molecule has 0 bridgehead atoms. The van der Waals surface area contributed by atoms with E-state index in [2.05, 4.69) is 0 Å². The first-order valence-electron chi connectivity index (χ1n) is 4.01. The molecule has 0 unspecified atom stereocenters. The SMILES string of the molecule is Cc1c(CO)ccc2sc(Cl)cc12. The number of rotatable bonds is 1. The monoisotopic (exact) mass is 212 g/mol. The molecule has 0 amide bonds. The Morgan fingerprint density at radius 3 is 2.92 bits per heavy atom. The number of halogens is 1. The molecule has 13 heavy (non-hydrogen) atoms. The van der Waals surface area contributed by atoms with Gasteiger partial charge in [0.2, 0.25) is 0 Å². The zero-order valence-corrected chi connectivity index (χ0v) is 8.75. The van der Waals surface area contributed by atoms with Crippen molar-refractivity contribution in [3.8, 4) is 0 Å². The first kappa shape index (κ1) is 9.00. The molecule has 0 radical (unpaired) electrons. The first-order valence-corrected chi connectivity index (χ1v) is 5.20. The molecule has 0 spiro atoms. The van der Waals surface area contributed by atoms with Gasteiger partial charge in [-0.2, -0.15) is 0 Å². The lowest BCUT2D eigenvalue weighted by atomic mass is 10.1. The highest BCUT2D eigenvalue weighted by Crippen LogP contribution is 2.32. The summed E-state index contributed by atoms with van der Waals surface area (Å²) in [4.78, 5) is 0. The molecular formula is C10H9ClOS. The molecular weight excluding hydrogens is 204 g/mol. The van der Waals surface area contributed by atoms with Crippen molar-refractivity contribution in [3.63, 3.8) is 0 Å².